The number of nitrogens with zero attached hydrogens (tertiary/aromatic N) is 6. The van der Waals surface area contributed by atoms with Gasteiger partial charge in [-0.2, -0.15) is 0 Å². The summed E-state index contributed by atoms with van der Waals surface area (Å²) in [6.07, 6.45) is 3.91. The van der Waals surface area contributed by atoms with Crippen LogP contribution in [-0.2, 0) is 82.4 Å². The lowest BCUT2D eigenvalue weighted by Gasteiger charge is -2.27. The smallest absolute Gasteiger partial charge is 0.303 e. The van der Waals surface area contributed by atoms with Gasteiger partial charge < -0.3 is 48.6 Å². The Balaban J connectivity index is 0.000000229. The summed E-state index contributed by atoms with van der Waals surface area (Å²) < 4.78 is 88.9. The number of carbonyl (C=O) groups is 3. The number of hydrogen-bond donors (Lipinski definition) is 3. The summed E-state index contributed by atoms with van der Waals surface area (Å²) in [4.78, 5) is 44.3. The van der Waals surface area contributed by atoms with Crippen molar-refractivity contribution >= 4 is 82.6 Å². The Morgan fingerprint density at radius 3 is 1.35 bits per heavy atom. The monoisotopic (exact) mass is 1130 g/mol. The number of hydrogen-bond acceptors (Lipinski definition) is 15. The number of aliphatic hydroxyl groups is 1. The molecule has 2 saturated heterocycles. The first kappa shape index (κ1) is 60.2. The van der Waals surface area contributed by atoms with Gasteiger partial charge in [-0.25, -0.2) is 26.8 Å². The van der Waals surface area contributed by atoms with E-state index in [-0.39, 0.29) is 22.9 Å². The Bertz CT molecular complexity index is 3310. The van der Waals surface area contributed by atoms with Crippen LogP contribution in [0.3, 0.4) is 0 Å². The minimum atomic E-state index is -3.92. The van der Waals surface area contributed by atoms with E-state index in [1.807, 2.05) is 52.0 Å². The second-order valence-electron chi connectivity index (χ2n) is 20.4. The number of fused-ring (bicyclic) bond motifs is 2. The Hall–Kier alpha value is -6.47. The first-order chi connectivity index (χ1) is 37.6. The van der Waals surface area contributed by atoms with Crippen molar-refractivity contribution in [3.05, 3.63) is 96.6 Å². The van der Waals surface area contributed by atoms with Crippen molar-refractivity contribution in [3.8, 4) is 0 Å². The van der Waals surface area contributed by atoms with Crippen LogP contribution in [0.25, 0.3) is 22.1 Å². The molecule has 0 bridgehead atoms. The molecule has 4 heterocycles. The largest absolute Gasteiger partial charge is 0.456 e. The van der Waals surface area contributed by atoms with Crippen molar-refractivity contribution < 1.29 is 60.0 Å². The minimum absolute atomic E-state index is 0.0729. The number of carbonyl (C=O) groups excluding carboxylic acids is 3. The lowest BCUT2D eigenvalue weighted by atomic mass is 9.99. The molecule has 2 aliphatic rings. The molecule has 2 aliphatic heterocycles. The van der Waals surface area contributed by atoms with Crippen LogP contribution in [0.15, 0.2) is 94.7 Å². The van der Waals surface area contributed by atoms with Gasteiger partial charge >= 0.3 is 5.97 Å². The number of ether oxygens (including phenoxy) is 5. The molecule has 0 radical (unpaired) electrons. The number of amides is 2. The highest BCUT2D eigenvalue weighted by atomic mass is 32.2. The van der Waals surface area contributed by atoms with E-state index in [0.29, 0.717) is 45.6 Å². The molecule has 0 unspecified atom stereocenters. The highest BCUT2D eigenvalue weighted by Gasteiger charge is 2.33. The summed E-state index contributed by atoms with van der Waals surface area (Å²) in [5.41, 5.74) is 3.75. The quantitative estimate of drug-likeness (QED) is 0.0588. The molecule has 6 aromatic rings. The average Bonchev–Trinajstić information content (AvgIpc) is 4.05. The molecular weight excluding hydrogens is 1060 g/mol. The van der Waals surface area contributed by atoms with Crippen LogP contribution in [0, 0.1) is 11.8 Å². The molecule has 2 fully saturated rings. The first-order valence-electron chi connectivity index (χ1n) is 26.4. The Morgan fingerprint density at radius 1 is 0.633 bits per heavy atom. The van der Waals surface area contributed by atoms with Crippen molar-refractivity contribution in [1.82, 2.24) is 19.1 Å². The van der Waals surface area contributed by atoms with Crippen LogP contribution < -0.4 is 19.2 Å². The Kier molecular flexibility index (Phi) is 19.6. The lowest BCUT2D eigenvalue weighted by Crippen LogP contribution is -2.30. The fourth-order valence-electron chi connectivity index (χ4n) is 9.61. The van der Waals surface area contributed by atoms with Gasteiger partial charge in [-0.05, 0) is 164 Å². The molecule has 2 aromatic heterocycles. The number of methoxy groups -OCH3 is 2. The number of aromatic nitrogens is 4. The van der Waals surface area contributed by atoms with Crippen molar-refractivity contribution in [1.29, 1.82) is 0 Å². The first-order valence-corrected chi connectivity index (χ1v) is 29.3. The summed E-state index contributed by atoms with van der Waals surface area (Å²) >= 11 is 0. The molecule has 0 saturated carbocycles. The maximum Gasteiger partial charge on any atom is 0.303 e. The maximum atomic E-state index is 13.7. The normalized spacial score (nSPS) is 14.9. The third-order valence-electron chi connectivity index (χ3n) is 14.3. The fourth-order valence-corrected chi connectivity index (χ4v) is 12.5. The van der Waals surface area contributed by atoms with Gasteiger partial charge in [0.15, 0.2) is 6.61 Å². The molecule has 3 N–H and O–H groups in total. The predicted octanol–water partition coefficient (Wildman–Crippen LogP) is 7.55. The molecule has 0 atom stereocenters. The second-order valence-corrected chi connectivity index (χ2v) is 24.1. The third-order valence-corrected chi connectivity index (χ3v) is 18.1. The number of imidazole rings is 2. The van der Waals surface area contributed by atoms with E-state index in [0.717, 1.165) is 87.9 Å². The Morgan fingerprint density at radius 2 is 1.01 bits per heavy atom. The lowest BCUT2D eigenvalue weighted by molar-refractivity contribution is -0.144. The van der Waals surface area contributed by atoms with Gasteiger partial charge in [0.25, 0.3) is 26.0 Å². The molecular formula is C56H74N8O13S2. The second kappa shape index (κ2) is 25.8. The standard InChI is InChI=1S/C29H38N4O7S.C27H36N4O6S/c1-6-33(41(36,37)24-10-7-22(8-11-24)30-27(35)19-40-20(2)34)23-9-12-26-25(17-23)31-28(29(3,4)38-5)32(26)18-21-13-15-39-16-14-21;1-5-31(38(34,35)22-9-6-20(7-10-22)28-25(33)18-32)21-8-11-24-23(16-21)29-26(27(2,3)36-4)30(24)17-19-12-14-37-15-13-19/h7-12,17,21H,6,13-16,18-19H2,1-5H3,(H,30,35);6-11,16,19,32H,5,12-15,17-18H2,1-4H3,(H,28,33). The van der Waals surface area contributed by atoms with Crippen LogP contribution in [0.2, 0.25) is 0 Å². The van der Waals surface area contributed by atoms with E-state index in [1.165, 1.54) is 64.1 Å². The van der Waals surface area contributed by atoms with Crippen LogP contribution in [0.4, 0.5) is 22.7 Å². The number of sulfonamides is 2. The molecule has 23 heteroatoms. The average molecular weight is 1130 g/mol. The number of nitrogens with one attached hydrogen (secondary N) is 2. The summed E-state index contributed by atoms with van der Waals surface area (Å²) in [5.74, 6) is 0.840. The molecule has 0 spiro atoms. The predicted molar refractivity (Wildman–Crippen MR) is 301 cm³/mol. The molecule has 428 valence electrons. The van der Waals surface area contributed by atoms with Gasteiger partial charge in [0.1, 0.15) is 29.5 Å². The number of aliphatic hydroxyl groups excluding tert-OH is 1. The zero-order chi connectivity index (χ0) is 57.3. The molecule has 21 nitrogen and oxygen atoms in total. The van der Waals surface area contributed by atoms with Crippen LogP contribution in [-0.4, -0.2) is 126 Å². The summed E-state index contributed by atoms with van der Waals surface area (Å²) in [7, 11) is -4.48. The molecule has 2 amide bonds. The fraction of sp³-hybridized carbons (Fsp3) is 0.482. The van der Waals surface area contributed by atoms with Crippen LogP contribution in [0.5, 0.6) is 0 Å². The van der Waals surface area contributed by atoms with Crippen LogP contribution in [0.1, 0.15) is 85.8 Å². The highest BCUT2D eigenvalue weighted by Crippen LogP contribution is 2.36. The molecule has 4 aromatic carbocycles. The van der Waals surface area contributed by atoms with Gasteiger partial charge in [0, 0.05) is 85.1 Å². The van der Waals surface area contributed by atoms with E-state index >= 15 is 0 Å². The van der Waals surface area contributed by atoms with Gasteiger partial charge in [0.2, 0.25) is 5.91 Å². The van der Waals surface area contributed by atoms with Gasteiger partial charge in [-0.15, -0.1) is 0 Å². The Labute approximate surface area is 462 Å². The van der Waals surface area contributed by atoms with E-state index in [4.69, 9.17) is 34.0 Å². The number of anilines is 4. The maximum absolute atomic E-state index is 13.7. The number of benzene rings is 4. The SMILES string of the molecule is CCN(c1ccc2c(c1)nc(C(C)(C)OC)n2CC1CCOCC1)S(=O)(=O)c1ccc(NC(=O)CO)cc1.CCN(c1ccc2c(c1)nc(C(C)(C)OC)n2CC1CCOCC1)S(=O)(=O)c1ccc(NC(=O)COC(C)=O)cc1. The highest BCUT2D eigenvalue weighted by molar-refractivity contribution is 7.93. The topological polar surface area (TPSA) is 252 Å². The third kappa shape index (κ3) is 14.1. The molecule has 0 aliphatic carbocycles. The number of rotatable bonds is 21. The van der Waals surface area contributed by atoms with Gasteiger partial charge in [-0.3, -0.25) is 23.0 Å². The van der Waals surface area contributed by atoms with Crippen molar-refractivity contribution in [2.45, 2.75) is 108 Å². The van der Waals surface area contributed by atoms with Gasteiger partial charge in [-0.1, -0.05) is 0 Å². The van der Waals surface area contributed by atoms with Crippen LogP contribution >= 0.6 is 0 Å². The zero-order valence-electron chi connectivity index (χ0n) is 46.5. The van der Waals surface area contributed by atoms with E-state index < -0.39 is 62.2 Å². The summed E-state index contributed by atoms with van der Waals surface area (Å²) in [5, 5.41) is 14.0. The van der Waals surface area contributed by atoms with Gasteiger partial charge in [0.05, 0.1) is 43.2 Å². The van der Waals surface area contributed by atoms with Crippen molar-refractivity contribution in [2.75, 3.05) is 86.2 Å². The van der Waals surface area contributed by atoms with E-state index in [2.05, 4.69) is 24.5 Å². The number of esters is 1. The van der Waals surface area contributed by atoms with Crippen molar-refractivity contribution in [2.24, 2.45) is 11.8 Å². The van der Waals surface area contributed by atoms with E-state index in [1.54, 1.807) is 40.2 Å². The molecule has 79 heavy (non-hydrogen) atoms. The summed E-state index contributed by atoms with van der Waals surface area (Å²) in [6.45, 7) is 16.6. The van der Waals surface area contributed by atoms with Crippen molar-refractivity contribution in [3.63, 3.8) is 0 Å². The molecule has 8 rings (SSSR count). The minimum Gasteiger partial charge on any atom is -0.456 e. The van der Waals surface area contributed by atoms with E-state index in [9.17, 15) is 31.2 Å². The zero-order valence-corrected chi connectivity index (χ0v) is 48.1. The summed E-state index contributed by atoms with van der Waals surface area (Å²) in [6, 6.07) is 22.8.